The van der Waals surface area contributed by atoms with Gasteiger partial charge in [0, 0.05) is 6.08 Å². The van der Waals surface area contributed by atoms with Crippen molar-refractivity contribution in [2.75, 3.05) is 0 Å². The van der Waals surface area contributed by atoms with Crippen LogP contribution in [0.2, 0.25) is 0 Å². The van der Waals surface area contributed by atoms with Gasteiger partial charge in [-0.25, -0.2) is 0 Å². The Hall–Kier alpha value is -1.58. The third-order valence-electron chi connectivity index (χ3n) is 1.88. The van der Waals surface area contributed by atoms with E-state index in [4.69, 9.17) is 0 Å². The molecule has 0 aromatic rings. The average Bonchev–Trinajstić information content (AvgIpc) is 2.18. The minimum Gasteiger partial charge on any atom is -0.502 e. The summed E-state index contributed by atoms with van der Waals surface area (Å²) in [5.41, 5.74) is 0.308. The fourth-order valence-electron chi connectivity index (χ4n) is 1.11. The molecule has 0 fully saturated rings. The second-order valence-corrected chi connectivity index (χ2v) is 3.06. The van der Waals surface area contributed by atoms with Gasteiger partial charge in [-0.05, 0) is 18.4 Å². The predicted octanol–water partition coefficient (Wildman–Crippen LogP) is 2.18. The second-order valence-electron chi connectivity index (χ2n) is 3.06. The zero-order valence-electron chi connectivity index (χ0n) is 7.52. The first kappa shape index (κ1) is 9.51. The Labute approximate surface area is 76.0 Å². The molecule has 0 aliphatic heterocycles. The van der Waals surface area contributed by atoms with Gasteiger partial charge in [0.1, 0.15) is 0 Å². The molecule has 0 amide bonds. The van der Waals surface area contributed by atoms with E-state index >= 15 is 0 Å². The van der Waals surface area contributed by atoms with Crippen molar-refractivity contribution in [2.24, 2.45) is 5.92 Å². The van der Waals surface area contributed by atoms with Crippen LogP contribution >= 0.6 is 0 Å². The Kier molecular flexibility index (Phi) is 2.51. The van der Waals surface area contributed by atoms with E-state index < -0.39 is 4.92 Å². The van der Waals surface area contributed by atoms with Gasteiger partial charge in [0.2, 0.25) is 0 Å². The first-order chi connectivity index (χ1) is 6.02. The van der Waals surface area contributed by atoms with Crippen molar-refractivity contribution in [1.82, 2.24) is 0 Å². The minimum absolute atomic E-state index is 0.0278. The molecule has 0 radical (unpaired) electrons. The highest BCUT2D eigenvalue weighted by Gasteiger charge is 2.20. The Balaban J connectivity index is 3.18. The number of nitro groups is 1. The summed E-state index contributed by atoms with van der Waals surface area (Å²) in [6, 6.07) is 0. The number of aliphatic hydroxyl groups excluding tert-OH is 1. The maximum Gasteiger partial charge on any atom is 0.307 e. The van der Waals surface area contributed by atoms with Gasteiger partial charge < -0.3 is 5.11 Å². The highest BCUT2D eigenvalue weighted by atomic mass is 16.6. The summed E-state index contributed by atoms with van der Waals surface area (Å²) >= 11 is 0. The van der Waals surface area contributed by atoms with E-state index in [0.717, 1.165) is 0 Å². The Morgan fingerprint density at radius 1 is 1.62 bits per heavy atom. The molecule has 0 spiro atoms. The van der Waals surface area contributed by atoms with Crippen LogP contribution in [0.4, 0.5) is 0 Å². The molecular weight excluding hydrogens is 170 g/mol. The molecule has 13 heavy (non-hydrogen) atoms. The smallest absolute Gasteiger partial charge is 0.307 e. The van der Waals surface area contributed by atoms with Crippen molar-refractivity contribution in [2.45, 2.75) is 13.8 Å². The lowest BCUT2D eigenvalue weighted by Gasteiger charge is -1.98. The van der Waals surface area contributed by atoms with Crippen LogP contribution in [-0.2, 0) is 0 Å². The lowest BCUT2D eigenvalue weighted by Crippen LogP contribution is -2.03. The summed E-state index contributed by atoms with van der Waals surface area (Å²) in [6.07, 6.45) is 4.93. The van der Waals surface area contributed by atoms with E-state index in [9.17, 15) is 15.2 Å². The van der Waals surface area contributed by atoms with Crippen molar-refractivity contribution in [3.8, 4) is 0 Å². The first-order valence-electron chi connectivity index (χ1n) is 3.97. The average molecular weight is 181 g/mol. The van der Waals surface area contributed by atoms with Crippen molar-refractivity contribution in [1.29, 1.82) is 0 Å². The zero-order valence-corrected chi connectivity index (χ0v) is 7.52. The third-order valence-corrected chi connectivity index (χ3v) is 1.88. The quantitative estimate of drug-likeness (QED) is 0.498. The summed E-state index contributed by atoms with van der Waals surface area (Å²) in [5.74, 6) is -0.273. The number of hydrogen-bond acceptors (Lipinski definition) is 3. The number of aliphatic hydroxyl groups is 1. The molecule has 1 aliphatic carbocycles. The van der Waals surface area contributed by atoms with Gasteiger partial charge in [0.25, 0.3) is 0 Å². The van der Waals surface area contributed by atoms with E-state index in [1.165, 1.54) is 6.08 Å². The second kappa shape index (κ2) is 3.43. The van der Waals surface area contributed by atoms with Crippen molar-refractivity contribution >= 4 is 0 Å². The van der Waals surface area contributed by atoms with Crippen LogP contribution in [0.15, 0.2) is 35.3 Å². The lowest BCUT2D eigenvalue weighted by molar-refractivity contribution is -0.424. The van der Waals surface area contributed by atoms with E-state index in [1.54, 1.807) is 13.0 Å². The van der Waals surface area contributed by atoms with Crippen LogP contribution in [0.1, 0.15) is 13.8 Å². The van der Waals surface area contributed by atoms with Gasteiger partial charge in [-0.1, -0.05) is 19.1 Å². The molecule has 0 heterocycles. The number of rotatable bonds is 1. The van der Waals surface area contributed by atoms with Crippen LogP contribution in [-0.4, -0.2) is 10.0 Å². The SMILES string of the molecule is CC1=C(O)C([N+](=O)[O-])=CC(C)C=C1. The highest BCUT2D eigenvalue weighted by molar-refractivity contribution is 5.34. The van der Waals surface area contributed by atoms with Crippen molar-refractivity contribution in [3.63, 3.8) is 0 Å². The molecule has 1 rings (SSSR count). The minimum atomic E-state index is -0.567. The van der Waals surface area contributed by atoms with Crippen LogP contribution in [0.3, 0.4) is 0 Å². The molecule has 4 heteroatoms. The summed E-state index contributed by atoms with van der Waals surface area (Å²) < 4.78 is 0. The molecule has 70 valence electrons. The number of nitrogens with zero attached hydrogens (tertiary/aromatic N) is 1. The normalized spacial score (nSPS) is 22.6. The maximum atomic E-state index is 10.5. The van der Waals surface area contributed by atoms with Gasteiger partial charge in [0.05, 0.1) is 4.92 Å². The molecule has 0 saturated carbocycles. The summed E-state index contributed by atoms with van der Waals surface area (Å²) in [7, 11) is 0. The van der Waals surface area contributed by atoms with Crippen LogP contribution in [0.5, 0.6) is 0 Å². The number of hydrogen-bond donors (Lipinski definition) is 1. The fraction of sp³-hybridized carbons (Fsp3) is 0.333. The van der Waals surface area contributed by atoms with Crippen molar-refractivity contribution in [3.05, 3.63) is 45.4 Å². The Morgan fingerprint density at radius 2 is 2.23 bits per heavy atom. The summed E-state index contributed by atoms with van der Waals surface area (Å²) in [4.78, 5) is 9.96. The molecule has 1 unspecified atom stereocenters. The van der Waals surface area contributed by atoms with Gasteiger partial charge >= 0.3 is 5.70 Å². The molecule has 0 aromatic heterocycles. The molecule has 0 aromatic carbocycles. The van der Waals surface area contributed by atoms with Crippen molar-refractivity contribution < 1.29 is 10.0 Å². The maximum absolute atomic E-state index is 10.5. The van der Waals surface area contributed by atoms with Gasteiger partial charge in [-0.2, -0.15) is 0 Å². The van der Waals surface area contributed by atoms with Gasteiger partial charge in [0.15, 0.2) is 5.76 Å². The predicted molar refractivity (Wildman–Crippen MR) is 48.7 cm³/mol. The van der Waals surface area contributed by atoms with Gasteiger partial charge in [-0.3, -0.25) is 10.1 Å². The number of allylic oxidation sites excluding steroid dienone is 4. The van der Waals surface area contributed by atoms with E-state index in [-0.39, 0.29) is 17.4 Å². The van der Waals surface area contributed by atoms with E-state index in [2.05, 4.69) is 0 Å². The molecule has 0 saturated heterocycles. The van der Waals surface area contributed by atoms with E-state index in [0.29, 0.717) is 5.57 Å². The molecule has 1 N–H and O–H groups in total. The monoisotopic (exact) mass is 181 g/mol. The van der Waals surface area contributed by atoms with Crippen LogP contribution < -0.4 is 0 Å². The molecule has 0 bridgehead atoms. The lowest BCUT2D eigenvalue weighted by atomic mass is 10.1. The van der Waals surface area contributed by atoms with E-state index in [1.807, 2.05) is 13.0 Å². The highest BCUT2D eigenvalue weighted by Crippen LogP contribution is 2.20. The summed E-state index contributed by atoms with van der Waals surface area (Å²) in [5, 5.41) is 19.9. The van der Waals surface area contributed by atoms with Crippen LogP contribution in [0, 0.1) is 16.0 Å². The topological polar surface area (TPSA) is 63.4 Å². The molecule has 1 aliphatic rings. The van der Waals surface area contributed by atoms with Gasteiger partial charge in [-0.15, -0.1) is 0 Å². The fourth-order valence-corrected chi connectivity index (χ4v) is 1.11. The standard InChI is InChI=1S/C9H11NO3/c1-6-3-4-7(2)9(11)8(5-6)10(12)13/h3-6,11H,1-2H3. The molecule has 1 atom stereocenters. The third kappa shape index (κ3) is 1.96. The van der Waals surface area contributed by atoms with Crippen LogP contribution in [0.25, 0.3) is 0 Å². The molecule has 4 nitrogen and oxygen atoms in total. The largest absolute Gasteiger partial charge is 0.502 e. The zero-order chi connectivity index (χ0) is 10.0. The first-order valence-corrected chi connectivity index (χ1v) is 3.97. The summed E-state index contributed by atoms with van der Waals surface area (Å²) in [6.45, 7) is 3.47. The molecular formula is C9H11NO3. The Morgan fingerprint density at radius 3 is 2.77 bits per heavy atom. The Bertz CT molecular complexity index is 326.